The fraction of sp³-hybridized carbons (Fsp3) is 0.500. The van der Waals surface area contributed by atoms with Crippen molar-refractivity contribution >= 4 is 15.9 Å². The number of benzene rings is 2. The number of methoxy groups -OCH3 is 1. The van der Waals surface area contributed by atoms with Crippen molar-refractivity contribution in [3.05, 3.63) is 53.6 Å². The third-order valence-electron chi connectivity index (χ3n) is 6.17. The molecule has 0 atom stereocenters. The Bertz CT molecular complexity index is 1080. The molecule has 1 amide bonds. The Kier molecular flexibility index (Phi) is 8.25. The van der Waals surface area contributed by atoms with E-state index in [1.807, 2.05) is 24.3 Å². The summed E-state index contributed by atoms with van der Waals surface area (Å²) in [6, 6.07) is 12.2. The van der Waals surface area contributed by atoms with Gasteiger partial charge in [0.15, 0.2) is 0 Å². The van der Waals surface area contributed by atoms with Gasteiger partial charge in [-0.05, 0) is 60.1 Å². The topological polar surface area (TPSA) is 84.9 Å². The molecule has 1 saturated heterocycles. The molecule has 0 unspecified atom stereocenters. The van der Waals surface area contributed by atoms with Crippen LogP contribution in [-0.2, 0) is 15.4 Å². The molecule has 1 aliphatic rings. The second-order valence-electron chi connectivity index (χ2n) is 9.86. The van der Waals surface area contributed by atoms with Gasteiger partial charge in [-0.3, -0.25) is 4.79 Å². The molecule has 7 nitrogen and oxygen atoms in total. The SMILES string of the molecule is COc1ccc(S(=O)(=O)NCCOc2ccc(C(C)(C)C)cc2)cc1C(=O)N1CCC(C)CC1. The molecular weight excluding hydrogens is 452 g/mol. The van der Waals surface area contributed by atoms with Crippen LogP contribution in [0.1, 0.15) is 56.5 Å². The summed E-state index contributed by atoms with van der Waals surface area (Å²) in [6.07, 6.45) is 1.87. The average molecular weight is 489 g/mol. The number of sulfonamides is 1. The van der Waals surface area contributed by atoms with Gasteiger partial charge in [0.25, 0.3) is 5.91 Å². The largest absolute Gasteiger partial charge is 0.496 e. The predicted octanol–water partition coefficient (Wildman–Crippen LogP) is 4.22. The van der Waals surface area contributed by atoms with Crippen LogP contribution >= 0.6 is 0 Å². The Balaban J connectivity index is 1.63. The van der Waals surface area contributed by atoms with Crippen LogP contribution in [0.3, 0.4) is 0 Å². The summed E-state index contributed by atoms with van der Waals surface area (Å²) >= 11 is 0. The summed E-state index contributed by atoms with van der Waals surface area (Å²) in [7, 11) is -2.34. The molecule has 3 rings (SSSR count). The van der Waals surface area contributed by atoms with Crippen molar-refractivity contribution in [2.45, 2.75) is 50.8 Å². The molecule has 1 N–H and O–H groups in total. The third-order valence-corrected chi connectivity index (χ3v) is 7.62. The number of carbonyl (C=O) groups is 1. The van der Waals surface area contributed by atoms with Gasteiger partial charge >= 0.3 is 0 Å². The Labute approximate surface area is 203 Å². The number of nitrogens with one attached hydrogen (secondary N) is 1. The minimum Gasteiger partial charge on any atom is -0.496 e. The van der Waals surface area contributed by atoms with Gasteiger partial charge in [-0.25, -0.2) is 13.1 Å². The maximum atomic E-state index is 13.1. The molecule has 0 spiro atoms. The average Bonchev–Trinajstić information content (AvgIpc) is 2.81. The predicted molar refractivity (Wildman–Crippen MR) is 133 cm³/mol. The lowest BCUT2D eigenvalue weighted by atomic mass is 9.87. The molecule has 1 heterocycles. The smallest absolute Gasteiger partial charge is 0.257 e. The van der Waals surface area contributed by atoms with Gasteiger partial charge in [-0.15, -0.1) is 0 Å². The van der Waals surface area contributed by atoms with E-state index in [2.05, 4.69) is 32.4 Å². The number of ether oxygens (including phenoxy) is 2. The summed E-state index contributed by atoms with van der Waals surface area (Å²) in [5, 5.41) is 0. The van der Waals surface area contributed by atoms with Crippen LogP contribution in [0.25, 0.3) is 0 Å². The van der Waals surface area contributed by atoms with Gasteiger partial charge in [-0.1, -0.05) is 39.8 Å². The Morgan fingerprint density at radius 1 is 1.09 bits per heavy atom. The fourth-order valence-corrected chi connectivity index (χ4v) is 4.92. The first-order valence-electron chi connectivity index (χ1n) is 11.7. The second-order valence-corrected chi connectivity index (χ2v) is 11.6. The van der Waals surface area contributed by atoms with Gasteiger partial charge in [-0.2, -0.15) is 0 Å². The molecule has 0 aliphatic carbocycles. The highest BCUT2D eigenvalue weighted by Crippen LogP contribution is 2.27. The van der Waals surface area contributed by atoms with Crippen molar-refractivity contribution in [2.24, 2.45) is 5.92 Å². The molecule has 0 radical (unpaired) electrons. The van der Waals surface area contributed by atoms with Crippen molar-refractivity contribution in [3.63, 3.8) is 0 Å². The van der Waals surface area contributed by atoms with Crippen LogP contribution in [0.4, 0.5) is 0 Å². The lowest BCUT2D eigenvalue weighted by Crippen LogP contribution is -2.38. The number of rotatable bonds is 8. The van der Waals surface area contributed by atoms with Crippen molar-refractivity contribution in [1.29, 1.82) is 0 Å². The van der Waals surface area contributed by atoms with E-state index in [1.54, 1.807) is 4.90 Å². The van der Waals surface area contributed by atoms with Crippen molar-refractivity contribution < 1.29 is 22.7 Å². The maximum absolute atomic E-state index is 13.1. The molecule has 0 bridgehead atoms. The van der Waals surface area contributed by atoms with Gasteiger partial charge in [0.2, 0.25) is 10.0 Å². The highest BCUT2D eigenvalue weighted by molar-refractivity contribution is 7.89. The minimum absolute atomic E-state index is 0.0246. The van der Waals surface area contributed by atoms with E-state index in [-0.39, 0.29) is 34.9 Å². The molecule has 1 aliphatic heterocycles. The first kappa shape index (κ1) is 26.0. The van der Waals surface area contributed by atoms with E-state index in [1.165, 1.54) is 30.9 Å². The molecule has 8 heteroatoms. The zero-order valence-corrected chi connectivity index (χ0v) is 21.6. The molecule has 1 fully saturated rings. The van der Waals surface area contributed by atoms with Gasteiger partial charge in [0.1, 0.15) is 18.1 Å². The van der Waals surface area contributed by atoms with Crippen LogP contribution in [0.5, 0.6) is 11.5 Å². The lowest BCUT2D eigenvalue weighted by molar-refractivity contribution is 0.0693. The maximum Gasteiger partial charge on any atom is 0.257 e. The summed E-state index contributed by atoms with van der Waals surface area (Å²) < 4.78 is 39.3. The summed E-state index contributed by atoms with van der Waals surface area (Å²) in [5.41, 5.74) is 1.51. The first-order valence-corrected chi connectivity index (χ1v) is 13.2. The zero-order valence-electron chi connectivity index (χ0n) is 20.8. The number of amides is 1. The Morgan fingerprint density at radius 3 is 2.32 bits per heavy atom. The van der Waals surface area contributed by atoms with E-state index >= 15 is 0 Å². The number of carbonyl (C=O) groups excluding carboxylic acids is 1. The van der Waals surface area contributed by atoms with Gasteiger partial charge in [0.05, 0.1) is 17.6 Å². The first-order chi connectivity index (χ1) is 16.0. The van der Waals surface area contributed by atoms with E-state index in [0.717, 1.165) is 12.8 Å². The van der Waals surface area contributed by atoms with Crippen LogP contribution in [0.2, 0.25) is 0 Å². The molecule has 0 saturated carbocycles. The molecule has 2 aromatic rings. The summed E-state index contributed by atoms with van der Waals surface area (Å²) in [5.74, 6) is 1.42. The highest BCUT2D eigenvalue weighted by Gasteiger charge is 2.26. The molecule has 186 valence electrons. The normalized spacial score (nSPS) is 15.3. The number of likely N-dealkylation sites (tertiary alicyclic amines) is 1. The van der Waals surface area contributed by atoms with E-state index < -0.39 is 10.0 Å². The number of nitrogens with zero attached hydrogens (tertiary/aromatic N) is 1. The van der Waals surface area contributed by atoms with Crippen molar-refractivity contribution in [2.75, 3.05) is 33.4 Å². The fourth-order valence-electron chi connectivity index (χ4n) is 3.88. The standard InChI is InChI=1S/C26H36N2O5S/c1-19-12-15-28(16-13-19)25(29)23-18-22(10-11-24(23)32-5)34(30,31)27-14-17-33-21-8-6-20(7-9-21)26(2,3)4/h6-11,18-19,27H,12-17H2,1-5H3. The number of hydrogen-bond acceptors (Lipinski definition) is 5. The van der Waals surface area contributed by atoms with Crippen LogP contribution < -0.4 is 14.2 Å². The monoisotopic (exact) mass is 488 g/mol. The van der Waals surface area contributed by atoms with Crippen LogP contribution in [0, 0.1) is 5.92 Å². The quantitative estimate of drug-likeness (QED) is 0.563. The van der Waals surface area contributed by atoms with E-state index in [4.69, 9.17) is 9.47 Å². The third kappa shape index (κ3) is 6.51. The molecule has 34 heavy (non-hydrogen) atoms. The second kappa shape index (κ2) is 10.8. The Morgan fingerprint density at radius 2 is 1.74 bits per heavy atom. The summed E-state index contributed by atoms with van der Waals surface area (Å²) in [4.78, 5) is 14.9. The van der Waals surface area contributed by atoms with Gasteiger partial charge in [0, 0.05) is 19.6 Å². The number of piperidine rings is 1. The van der Waals surface area contributed by atoms with Crippen LogP contribution in [0.15, 0.2) is 47.4 Å². The lowest BCUT2D eigenvalue weighted by Gasteiger charge is -2.30. The minimum atomic E-state index is -3.82. The molecular formula is C26H36N2O5S. The zero-order chi connectivity index (χ0) is 24.9. The number of hydrogen-bond donors (Lipinski definition) is 1. The van der Waals surface area contributed by atoms with Crippen molar-refractivity contribution in [1.82, 2.24) is 9.62 Å². The molecule has 0 aromatic heterocycles. The van der Waals surface area contributed by atoms with Crippen LogP contribution in [-0.4, -0.2) is 52.6 Å². The van der Waals surface area contributed by atoms with Crippen molar-refractivity contribution in [3.8, 4) is 11.5 Å². The Hall–Kier alpha value is -2.58. The van der Waals surface area contributed by atoms with E-state index in [9.17, 15) is 13.2 Å². The molecule has 2 aromatic carbocycles. The highest BCUT2D eigenvalue weighted by atomic mass is 32.2. The van der Waals surface area contributed by atoms with E-state index in [0.29, 0.717) is 30.5 Å². The van der Waals surface area contributed by atoms with Gasteiger partial charge < -0.3 is 14.4 Å². The summed E-state index contributed by atoms with van der Waals surface area (Å²) in [6.45, 7) is 10.2.